The second kappa shape index (κ2) is 4.25. The average molecular weight is 284 g/mol. The molecule has 2 rings (SSSR count). The van der Waals surface area contributed by atoms with Gasteiger partial charge >= 0.3 is 5.76 Å². The van der Waals surface area contributed by atoms with Crippen molar-refractivity contribution < 1.29 is 9.21 Å². The van der Waals surface area contributed by atoms with E-state index in [1.165, 1.54) is 4.57 Å². The maximum atomic E-state index is 11.6. The van der Waals surface area contributed by atoms with E-state index < -0.39 is 5.76 Å². The molecule has 0 aliphatic rings. The number of ketones is 1. The van der Waals surface area contributed by atoms with Crippen molar-refractivity contribution in [3.8, 4) is 0 Å². The summed E-state index contributed by atoms with van der Waals surface area (Å²) in [6.07, 6.45) is 0.433. The van der Waals surface area contributed by atoms with Crippen LogP contribution in [0, 0.1) is 0 Å². The summed E-state index contributed by atoms with van der Waals surface area (Å²) < 4.78 is 6.42. The zero-order chi connectivity index (χ0) is 11.7. The largest absolute Gasteiger partial charge is 0.419 e. The lowest BCUT2D eigenvalue weighted by Gasteiger charge is -1.98. The number of aromatic nitrogens is 1. The molecule has 4 nitrogen and oxygen atoms in total. The first kappa shape index (κ1) is 11.1. The van der Waals surface area contributed by atoms with Crippen molar-refractivity contribution in [1.82, 2.24) is 4.57 Å². The third kappa shape index (κ3) is 1.82. The number of rotatable bonds is 3. The maximum Gasteiger partial charge on any atom is 0.419 e. The Balaban J connectivity index is 2.52. The van der Waals surface area contributed by atoms with E-state index in [1.807, 2.05) is 0 Å². The number of carbonyl (C=O) groups is 1. The number of carbonyl (C=O) groups excluding carboxylic acids is 1. The predicted octanol–water partition coefficient (Wildman–Crippen LogP) is 2.10. The molecule has 0 aliphatic carbocycles. The topological polar surface area (TPSA) is 52.2 Å². The zero-order valence-electron chi connectivity index (χ0n) is 8.70. The average Bonchev–Trinajstić information content (AvgIpc) is 2.55. The fourth-order valence-corrected chi connectivity index (χ4v) is 1.90. The third-order valence-electron chi connectivity index (χ3n) is 2.44. The van der Waals surface area contributed by atoms with E-state index in [0.29, 0.717) is 28.4 Å². The van der Waals surface area contributed by atoms with Crippen LogP contribution in [-0.2, 0) is 7.05 Å². The predicted molar refractivity (Wildman–Crippen MR) is 64.2 cm³/mol. The van der Waals surface area contributed by atoms with Gasteiger partial charge in [-0.25, -0.2) is 4.79 Å². The van der Waals surface area contributed by atoms with Crippen molar-refractivity contribution >= 4 is 32.8 Å². The minimum Gasteiger partial charge on any atom is -0.408 e. The molecule has 0 radical (unpaired) electrons. The van der Waals surface area contributed by atoms with Gasteiger partial charge in [-0.3, -0.25) is 9.36 Å². The van der Waals surface area contributed by atoms with Crippen LogP contribution < -0.4 is 5.76 Å². The second-order valence-corrected chi connectivity index (χ2v) is 4.26. The van der Waals surface area contributed by atoms with E-state index in [4.69, 9.17) is 4.42 Å². The van der Waals surface area contributed by atoms with Crippen molar-refractivity contribution in [3.63, 3.8) is 0 Å². The highest BCUT2D eigenvalue weighted by Gasteiger charge is 2.10. The number of halogens is 1. The highest BCUT2D eigenvalue weighted by Crippen LogP contribution is 2.15. The van der Waals surface area contributed by atoms with Crippen LogP contribution in [0.5, 0.6) is 0 Å². The molecule has 0 N–H and O–H groups in total. The van der Waals surface area contributed by atoms with Gasteiger partial charge in [0.2, 0.25) is 0 Å². The SMILES string of the molecule is Cn1c(=O)oc2cc(C(=O)CCBr)ccc21. The van der Waals surface area contributed by atoms with Crippen molar-refractivity contribution in [2.75, 3.05) is 5.33 Å². The summed E-state index contributed by atoms with van der Waals surface area (Å²) in [5, 5.41) is 0.628. The van der Waals surface area contributed by atoms with Crippen molar-refractivity contribution in [1.29, 1.82) is 0 Å². The van der Waals surface area contributed by atoms with E-state index in [1.54, 1.807) is 25.2 Å². The van der Waals surface area contributed by atoms with E-state index in [-0.39, 0.29) is 5.78 Å². The van der Waals surface area contributed by atoms with E-state index in [0.717, 1.165) is 0 Å². The molecule has 0 fully saturated rings. The second-order valence-electron chi connectivity index (χ2n) is 3.47. The van der Waals surface area contributed by atoms with Gasteiger partial charge in [-0.1, -0.05) is 15.9 Å². The molecule has 0 unspecified atom stereocenters. The molecular formula is C11H10BrNO3. The number of aryl methyl sites for hydroxylation is 1. The first-order valence-corrected chi connectivity index (χ1v) is 5.94. The van der Waals surface area contributed by atoms with Crippen LogP contribution in [0.4, 0.5) is 0 Å². The number of alkyl halides is 1. The van der Waals surface area contributed by atoms with Crippen LogP contribution in [-0.4, -0.2) is 15.7 Å². The van der Waals surface area contributed by atoms with Gasteiger partial charge in [-0.15, -0.1) is 0 Å². The number of hydrogen-bond donors (Lipinski definition) is 0. The standard InChI is InChI=1S/C11H10BrNO3/c1-13-8-3-2-7(9(14)4-5-12)6-10(8)16-11(13)15/h2-3,6H,4-5H2,1H3. The number of oxazole rings is 1. The number of Topliss-reactive ketones (excluding diaryl/α,β-unsaturated/α-hetero) is 1. The first-order valence-electron chi connectivity index (χ1n) is 4.82. The summed E-state index contributed by atoms with van der Waals surface area (Å²) in [7, 11) is 1.63. The fourth-order valence-electron chi connectivity index (χ4n) is 1.54. The molecule has 5 heteroatoms. The summed E-state index contributed by atoms with van der Waals surface area (Å²) >= 11 is 3.21. The molecule has 0 bridgehead atoms. The normalized spacial score (nSPS) is 10.9. The minimum absolute atomic E-state index is 0.0327. The molecule has 0 saturated heterocycles. The van der Waals surface area contributed by atoms with Crippen LogP contribution in [0.2, 0.25) is 0 Å². The van der Waals surface area contributed by atoms with E-state index in [2.05, 4.69) is 15.9 Å². The van der Waals surface area contributed by atoms with Crippen molar-refractivity contribution in [2.24, 2.45) is 7.05 Å². The van der Waals surface area contributed by atoms with Crippen LogP contribution in [0.15, 0.2) is 27.4 Å². The van der Waals surface area contributed by atoms with Gasteiger partial charge in [0.05, 0.1) is 5.52 Å². The van der Waals surface area contributed by atoms with Gasteiger partial charge in [0.15, 0.2) is 11.4 Å². The molecule has 0 saturated carbocycles. The zero-order valence-corrected chi connectivity index (χ0v) is 10.3. The molecule has 1 aromatic heterocycles. The summed E-state index contributed by atoms with van der Waals surface area (Å²) in [6, 6.07) is 5.05. The lowest BCUT2D eigenvalue weighted by molar-refractivity contribution is 0.0990. The summed E-state index contributed by atoms with van der Waals surface area (Å²) in [4.78, 5) is 22.9. The molecule has 0 spiro atoms. The van der Waals surface area contributed by atoms with Gasteiger partial charge in [0.1, 0.15) is 0 Å². The third-order valence-corrected chi connectivity index (χ3v) is 2.83. The Morgan fingerprint density at radius 2 is 2.25 bits per heavy atom. The fraction of sp³-hybridized carbons (Fsp3) is 0.273. The van der Waals surface area contributed by atoms with Gasteiger partial charge < -0.3 is 4.42 Å². The molecule has 0 aliphatic heterocycles. The molecular weight excluding hydrogens is 274 g/mol. The van der Waals surface area contributed by atoms with Gasteiger partial charge in [-0.2, -0.15) is 0 Å². The first-order chi connectivity index (χ1) is 7.63. The quantitative estimate of drug-likeness (QED) is 0.640. The lowest BCUT2D eigenvalue weighted by Crippen LogP contribution is -2.08. The maximum absolute atomic E-state index is 11.6. The number of hydrogen-bond acceptors (Lipinski definition) is 3. The molecule has 84 valence electrons. The van der Waals surface area contributed by atoms with Crippen LogP contribution in [0.25, 0.3) is 11.1 Å². The summed E-state index contributed by atoms with van der Waals surface area (Å²) in [5.74, 6) is -0.384. The number of nitrogens with zero attached hydrogens (tertiary/aromatic N) is 1. The monoisotopic (exact) mass is 283 g/mol. The van der Waals surface area contributed by atoms with Gasteiger partial charge in [-0.05, 0) is 18.2 Å². The number of benzene rings is 1. The highest BCUT2D eigenvalue weighted by atomic mass is 79.9. The highest BCUT2D eigenvalue weighted by molar-refractivity contribution is 9.09. The Bertz CT molecular complexity index is 597. The number of fused-ring (bicyclic) bond motifs is 1. The Hall–Kier alpha value is -1.36. The molecule has 0 atom stereocenters. The van der Waals surface area contributed by atoms with Crippen molar-refractivity contribution in [2.45, 2.75) is 6.42 Å². The molecule has 1 aromatic carbocycles. The summed E-state index contributed by atoms with van der Waals surface area (Å²) in [6.45, 7) is 0. The Labute approximate surface area is 100.0 Å². The Morgan fingerprint density at radius 1 is 1.50 bits per heavy atom. The molecule has 1 heterocycles. The van der Waals surface area contributed by atoms with Gasteiger partial charge in [0.25, 0.3) is 0 Å². The minimum atomic E-state index is -0.417. The van der Waals surface area contributed by atoms with Crippen LogP contribution >= 0.6 is 15.9 Å². The van der Waals surface area contributed by atoms with Crippen LogP contribution in [0.3, 0.4) is 0 Å². The Morgan fingerprint density at radius 3 is 2.94 bits per heavy atom. The van der Waals surface area contributed by atoms with E-state index >= 15 is 0 Å². The lowest BCUT2D eigenvalue weighted by atomic mass is 10.1. The van der Waals surface area contributed by atoms with Gasteiger partial charge in [0, 0.05) is 24.4 Å². The molecule has 2 aromatic rings. The molecule has 16 heavy (non-hydrogen) atoms. The summed E-state index contributed by atoms with van der Waals surface area (Å²) in [5.41, 5.74) is 1.72. The van der Waals surface area contributed by atoms with Crippen molar-refractivity contribution in [3.05, 3.63) is 34.3 Å². The van der Waals surface area contributed by atoms with E-state index in [9.17, 15) is 9.59 Å². The molecule has 0 amide bonds. The smallest absolute Gasteiger partial charge is 0.408 e. The Kier molecular flexibility index (Phi) is 2.96. The van der Waals surface area contributed by atoms with Crippen LogP contribution in [0.1, 0.15) is 16.8 Å².